The lowest BCUT2D eigenvalue weighted by molar-refractivity contribution is -0.140. The van der Waals surface area contributed by atoms with Gasteiger partial charge in [0.15, 0.2) is 0 Å². The number of benzene rings is 2. The van der Waals surface area contributed by atoms with Crippen molar-refractivity contribution in [2.75, 3.05) is 5.75 Å². The van der Waals surface area contributed by atoms with Crippen LogP contribution in [-0.4, -0.2) is 59.0 Å². The second-order valence-electron chi connectivity index (χ2n) is 15.2. The monoisotopic (exact) mass is 651 g/mol. The van der Waals surface area contributed by atoms with Crippen LogP contribution in [0, 0.1) is 28.6 Å². The van der Waals surface area contributed by atoms with Gasteiger partial charge in [0, 0.05) is 24.4 Å². The molecule has 2 saturated carbocycles. The van der Waals surface area contributed by atoms with Gasteiger partial charge in [-0.3, -0.25) is 9.59 Å². The van der Waals surface area contributed by atoms with Gasteiger partial charge in [-0.1, -0.05) is 88.4 Å². The second-order valence-corrected chi connectivity index (χ2v) is 17.0. The number of amides is 3. The number of hydrogen-bond donors (Lipinski definition) is 1. The van der Waals surface area contributed by atoms with Gasteiger partial charge in [-0.15, -0.1) is 0 Å². The highest BCUT2D eigenvalue weighted by atomic mass is 32.2. The Morgan fingerprint density at radius 3 is 2.02 bits per heavy atom. The van der Waals surface area contributed by atoms with Crippen LogP contribution in [0.5, 0.6) is 0 Å². The smallest absolute Gasteiger partial charge is 0.408 e. The van der Waals surface area contributed by atoms with E-state index in [1.807, 2.05) is 60.7 Å². The first-order valence-electron chi connectivity index (χ1n) is 16.4. The molecule has 46 heavy (non-hydrogen) atoms. The molecule has 0 aromatic heterocycles. The summed E-state index contributed by atoms with van der Waals surface area (Å²) in [5, 5.41) is 2.72. The van der Waals surface area contributed by atoms with Crippen LogP contribution in [-0.2, 0) is 37.4 Å². The Morgan fingerprint density at radius 1 is 0.978 bits per heavy atom. The predicted molar refractivity (Wildman–Crippen MR) is 177 cm³/mol. The van der Waals surface area contributed by atoms with Crippen molar-refractivity contribution in [2.24, 2.45) is 28.6 Å². The van der Waals surface area contributed by atoms with E-state index in [9.17, 15) is 22.8 Å². The van der Waals surface area contributed by atoms with Gasteiger partial charge in [-0.05, 0) is 68.4 Å². The highest BCUT2D eigenvalue weighted by Crippen LogP contribution is 2.70. The topological polar surface area (TPSA) is 113 Å². The maximum atomic E-state index is 14.6. The summed E-state index contributed by atoms with van der Waals surface area (Å²) in [7, 11) is -3.96. The van der Waals surface area contributed by atoms with E-state index in [-0.39, 0.29) is 17.1 Å². The van der Waals surface area contributed by atoms with Crippen molar-refractivity contribution in [3.05, 3.63) is 71.8 Å². The number of alkyl carbamates (subject to hydrolysis) is 1. The van der Waals surface area contributed by atoms with Crippen LogP contribution in [0.15, 0.2) is 60.7 Å². The van der Waals surface area contributed by atoms with E-state index < -0.39 is 57.0 Å². The lowest BCUT2D eigenvalue weighted by Crippen LogP contribution is -2.57. The minimum atomic E-state index is -3.96. The highest BCUT2D eigenvalue weighted by Gasteiger charge is 2.72. The van der Waals surface area contributed by atoms with Crippen LogP contribution >= 0.6 is 0 Å². The molecule has 0 unspecified atom stereocenters. The summed E-state index contributed by atoms with van der Waals surface area (Å²) in [6.45, 7) is 13.6. The number of hydrogen-bond acceptors (Lipinski definition) is 6. The molecule has 250 valence electrons. The highest BCUT2D eigenvalue weighted by molar-refractivity contribution is 7.90. The standard InChI is InChI=1S/C36H49N3O6S/c1-24(25(2)31(40)38(21-26-14-10-8-11-15-26)22-27-16-12-9-13-17-27)30(37-33(42)45-34(3,4)5)32(41)39-29-20-28-18-19-36(29,35(28,6)7)23-46(39,43)44/h8-17,24-25,28-30H,18-23H2,1-7H3,(H,37,42)/t24-,25+,28-,29-,30-,36-/m0/s1. The Balaban J connectivity index is 1.46. The average molecular weight is 652 g/mol. The zero-order valence-electron chi connectivity index (χ0n) is 28.2. The molecule has 1 aliphatic heterocycles. The molecule has 2 aromatic rings. The molecule has 1 N–H and O–H groups in total. The number of carbonyl (C=O) groups excluding carboxylic acids is 3. The summed E-state index contributed by atoms with van der Waals surface area (Å²) in [4.78, 5) is 43.8. The van der Waals surface area contributed by atoms with Gasteiger partial charge in [0.05, 0.1) is 11.8 Å². The van der Waals surface area contributed by atoms with Crippen LogP contribution in [0.2, 0.25) is 0 Å². The Hall–Kier alpha value is -3.40. The minimum absolute atomic E-state index is 0.0795. The Morgan fingerprint density at radius 2 is 1.52 bits per heavy atom. The van der Waals surface area contributed by atoms with Crippen LogP contribution < -0.4 is 5.32 Å². The molecule has 2 aromatic carbocycles. The molecule has 5 rings (SSSR count). The quantitative estimate of drug-likeness (QED) is 0.370. The van der Waals surface area contributed by atoms with Crippen molar-refractivity contribution < 1.29 is 27.5 Å². The zero-order valence-corrected chi connectivity index (χ0v) is 29.0. The van der Waals surface area contributed by atoms with E-state index in [1.165, 1.54) is 0 Å². The molecular weight excluding hydrogens is 602 g/mol. The summed E-state index contributed by atoms with van der Waals surface area (Å²) < 4.78 is 34.3. The summed E-state index contributed by atoms with van der Waals surface area (Å²) >= 11 is 0. The van der Waals surface area contributed by atoms with Gasteiger partial charge in [0.1, 0.15) is 11.6 Å². The number of carbonyl (C=O) groups is 3. The van der Waals surface area contributed by atoms with E-state index >= 15 is 0 Å². The Bertz CT molecular complexity index is 1510. The van der Waals surface area contributed by atoms with E-state index in [0.29, 0.717) is 25.4 Å². The van der Waals surface area contributed by atoms with Crippen molar-refractivity contribution in [1.29, 1.82) is 0 Å². The van der Waals surface area contributed by atoms with Gasteiger partial charge in [0.25, 0.3) is 5.91 Å². The largest absolute Gasteiger partial charge is 0.444 e. The average Bonchev–Trinajstić information content (AvgIpc) is 3.46. The molecule has 2 bridgehead atoms. The molecule has 1 heterocycles. The molecule has 1 saturated heterocycles. The fourth-order valence-electron chi connectivity index (χ4n) is 8.19. The number of nitrogens with zero attached hydrogens (tertiary/aromatic N) is 2. The molecule has 6 atom stereocenters. The molecule has 3 fully saturated rings. The van der Waals surface area contributed by atoms with Gasteiger partial charge in [-0.2, -0.15) is 0 Å². The van der Waals surface area contributed by atoms with Crippen molar-refractivity contribution >= 4 is 27.9 Å². The molecule has 3 aliphatic rings. The molecule has 0 radical (unpaired) electrons. The minimum Gasteiger partial charge on any atom is -0.444 e. The van der Waals surface area contributed by atoms with Gasteiger partial charge in [0.2, 0.25) is 15.9 Å². The number of fused-ring (bicyclic) bond motifs is 1. The summed E-state index contributed by atoms with van der Waals surface area (Å²) in [5.74, 6) is -2.15. The third-order valence-electron chi connectivity index (χ3n) is 11.0. The van der Waals surface area contributed by atoms with Gasteiger partial charge >= 0.3 is 6.09 Å². The first-order chi connectivity index (χ1) is 21.5. The maximum absolute atomic E-state index is 14.6. The van der Waals surface area contributed by atoms with Gasteiger partial charge in [-0.25, -0.2) is 17.5 Å². The van der Waals surface area contributed by atoms with E-state index in [4.69, 9.17) is 4.74 Å². The first kappa shape index (κ1) is 33.9. The SMILES string of the molecule is C[C@H]([C@H](NC(=O)OC(C)(C)C)C(=O)N1[C@H]2C[C@@H]3CC[C@@]2(CS1(=O)=O)C3(C)C)[C@@H](C)C(=O)N(Cc1ccccc1)Cc1ccccc1. The van der Waals surface area contributed by atoms with Crippen molar-refractivity contribution in [2.45, 2.75) is 98.5 Å². The lowest BCUT2D eigenvalue weighted by Gasteiger charge is -2.38. The van der Waals surface area contributed by atoms with Gasteiger partial charge < -0.3 is 15.0 Å². The van der Waals surface area contributed by atoms with Crippen LogP contribution in [0.4, 0.5) is 4.79 Å². The number of sulfonamides is 1. The molecule has 1 spiro atoms. The second kappa shape index (κ2) is 12.3. The third kappa shape index (κ3) is 6.29. The van der Waals surface area contributed by atoms with Crippen LogP contribution in [0.25, 0.3) is 0 Å². The number of rotatable bonds is 9. The Labute approximate surface area is 274 Å². The summed E-state index contributed by atoms with van der Waals surface area (Å²) in [6.07, 6.45) is 1.48. The molecule has 9 nitrogen and oxygen atoms in total. The van der Waals surface area contributed by atoms with Crippen molar-refractivity contribution in [1.82, 2.24) is 14.5 Å². The summed E-state index contributed by atoms with van der Waals surface area (Å²) in [5.41, 5.74) is 0.327. The zero-order chi connectivity index (χ0) is 33.7. The van der Waals surface area contributed by atoms with Crippen molar-refractivity contribution in [3.8, 4) is 0 Å². The predicted octanol–water partition coefficient (Wildman–Crippen LogP) is 5.75. The molecule has 2 aliphatic carbocycles. The van der Waals surface area contributed by atoms with E-state index in [0.717, 1.165) is 28.3 Å². The first-order valence-corrected chi connectivity index (χ1v) is 18.0. The maximum Gasteiger partial charge on any atom is 0.408 e. The fourth-order valence-corrected chi connectivity index (χ4v) is 10.8. The van der Waals surface area contributed by atoms with Crippen molar-refractivity contribution in [3.63, 3.8) is 0 Å². The molecule has 3 amide bonds. The third-order valence-corrected chi connectivity index (χ3v) is 12.9. The number of nitrogens with one attached hydrogen (secondary N) is 1. The Kier molecular flexibility index (Phi) is 9.09. The fraction of sp³-hybridized carbons (Fsp3) is 0.583. The number of ether oxygens (including phenoxy) is 1. The summed E-state index contributed by atoms with van der Waals surface area (Å²) in [6, 6.07) is 17.6. The van der Waals surface area contributed by atoms with E-state index in [1.54, 1.807) is 39.5 Å². The van der Waals surface area contributed by atoms with E-state index in [2.05, 4.69) is 19.2 Å². The molecular formula is C36H49N3O6S. The lowest BCUT2D eigenvalue weighted by atomic mass is 9.69. The molecule has 10 heteroatoms. The van der Waals surface area contributed by atoms with Crippen LogP contribution in [0.3, 0.4) is 0 Å². The normalized spacial score (nSPS) is 26.1. The van der Waals surface area contributed by atoms with Crippen LogP contribution in [0.1, 0.15) is 78.9 Å².